The first kappa shape index (κ1) is 9.45. The Balaban J connectivity index is 4.15. The monoisotopic (exact) mass is 141 g/mol. The summed E-state index contributed by atoms with van der Waals surface area (Å²) in [6, 6.07) is 2.09. The summed E-state index contributed by atoms with van der Waals surface area (Å²) in [7, 11) is 0. The minimum Gasteiger partial charge on any atom is -0.389 e. The molecule has 0 bridgehead atoms. The van der Waals surface area contributed by atoms with Crippen molar-refractivity contribution >= 4 is 0 Å². The third-order valence-corrected chi connectivity index (χ3v) is 2.03. The van der Waals surface area contributed by atoms with Gasteiger partial charge in [0.05, 0.1) is 17.6 Å². The van der Waals surface area contributed by atoms with Gasteiger partial charge in [-0.2, -0.15) is 5.26 Å². The van der Waals surface area contributed by atoms with Gasteiger partial charge in [-0.25, -0.2) is 0 Å². The average Bonchev–Trinajstić information content (AvgIpc) is 1.90. The predicted molar refractivity (Wildman–Crippen MR) is 40.3 cm³/mol. The third kappa shape index (κ3) is 2.00. The van der Waals surface area contributed by atoms with Gasteiger partial charge in [0, 0.05) is 0 Å². The molecule has 2 nitrogen and oxygen atoms in total. The lowest BCUT2D eigenvalue weighted by Crippen LogP contribution is -2.32. The highest BCUT2D eigenvalue weighted by atomic mass is 16.3. The Morgan fingerprint density at radius 2 is 2.10 bits per heavy atom. The maximum atomic E-state index is 9.56. The van der Waals surface area contributed by atoms with Crippen molar-refractivity contribution in [2.24, 2.45) is 5.92 Å². The Hall–Kier alpha value is -0.550. The van der Waals surface area contributed by atoms with Gasteiger partial charge in [0.15, 0.2) is 0 Å². The van der Waals surface area contributed by atoms with Crippen LogP contribution in [0.2, 0.25) is 0 Å². The van der Waals surface area contributed by atoms with Crippen LogP contribution in [0, 0.1) is 17.2 Å². The maximum Gasteiger partial charge on any atom is 0.0774 e. The smallest absolute Gasteiger partial charge is 0.0774 e. The minimum atomic E-state index is -0.802. The SMILES string of the molecule is CCC(C#N)C(C)(O)CC. The summed E-state index contributed by atoms with van der Waals surface area (Å²) in [4.78, 5) is 0. The molecule has 0 spiro atoms. The van der Waals surface area contributed by atoms with Crippen LogP contribution in [0.5, 0.6) is 0 Å². The molecule has 0 radical (unpaired) electrons. The zero-order chi connectivity index (χ0) is 8.20. The van der Waals surface area contributed by atoms with Crippen molar-refractivity contribution in [1.29, 1.82) is 5.26 Å². The standard InChI is InChI=1S/C8H15NO/c1-4-7(6-9)8(3,10)5-2/h7,10H,4-5H2,1-3H3. The number of nitrogens with zero attached hydrogens (tertiary/aromatic N) is 1. The van der Waals surface area contributed by atoms with Crippen LogP contribution in [0.1, 0.15) is 33.6 Å². The molecule has 0 amide bonds. The second-order valence-corrected chi connectivity index (χ2v) is 2.80. The lowest BCUT2D eigenvalue weighted by molar-refractivity contribution is 0.0158. The largest absolute Gasteiger partial charge is 0.389 e. The number of hydrogen-bond donors (Lipinski definition) is 1. The zero-order valence-electron chi connectivity index (χ0n) is 6.89. The van der Waals surface area contributed by atoms with Crippen molar-refractivity contribution in [3.63, 3.8) is 0 Å². The van der Waals surface area contributed by atoms with E-state index in [1.807, 2.05) is 13.8 Å². The summed E-state index contributed by atoms with van der Waals surface area (Å²) in [6.45, 7) is 5.52. The molecule has 1 N–H and O–H groups in total. The Bertz CT molecular complexity index is 135. The third-order valence-electron chi connectivity index (χ3n) is 2.03. The van der Waals surface area contributed by atoms with Crippen molar-refractivity contribution in [3.8, 4) is 6.07 Å². The van der Waals surface area contributed by atoms with Crippen LogP contribution in [0.25, 0.3) is 0 Å². The molecule has 0 fully saturated rings. The van der Waals surface area contributed by atoms with E-state index in [1.165, 1.54) is 0 Å². The molecule has 0 saturated heterocycles. The molecule has 2 heteroatoms. The summed E-state index contributed by atoms with van der Waals surface area (Å²) in [5.74, 6) is -0.225. The Labute approximate surface area is 62.5 Å². The molecule has 0 aliphatic heterocycles. The summed E-state index contributed by atoms with van der Waals surface area (Å²) < 4.78 is 0. The second-order valence-electron chi connectivity index (χ2n) is 2.80. The first-order valence-electron chi connectivity index (χ1n) is 3.70. The number of nitriles is 1. The highest BCUT2D eigenvalue weighted by molar-refractivity contribution is 4.94. The molecule has 0 heterocycles. The average molecular weight is 141 g/mol. The van der Waals surface area contributed by atoms with Crippen LogP contribution < -0.4 is 0 Å². The van der Waals surface area contributed by atoms with Crippen LogP contribution >= 0.6 is 0 Å². The Morgan fingerprint density at radius 1 is 1.60 bits per heavy atom. The van der Waals surface area contributed by atoms with E-state index >= 15 is 0 Å². The second kappa shape index (κ2) is 3.58. The highest BCUT2D eigenvalue weighted by Crippen LogP contribution is 2.22. The van der Waals surface area contributed by atoms with E-state index in [2.05, 4.69) is 6.07 Å². The van der Waals surface area contributed by atoms with E-state index in [4.69, 9.17) is 5.26 Å². The normalized spacial score (nSPS) is 19.1. The molecule has 0 aliphatic carbocycles. The fraction of sp³-hybridized carbons (Fsp3) is 0.875. The van der Waals surface area contributed by atoms with Gasteiger partial charge < -0.3 is 5.11 Å². The summed E-state index contributed by atoms with van der Waals surface area (Å²) in [5, 5.41) is 18.1. The maximum absolute atomic E-state index is 9.56. The first-order chi connectivity index (χ1) is 4.58. The van der Waals surface area contributed by atoms with Crippen molar-refractivity contribution in [2.75, 3.05) is 0 Å². The van der Waals surface area contributed by atoms with Gasteiger partial charge in [-0.15, -0.1) is 0 Å². The molecule has 0 rings (SSSR count). The predicted octanol–water partition coefficient (Wildman–Crippen LogP) is 1.70. The molecular weight excluding hydrogens is 126 g/mol. The number of hydrogen-bond acceptors (Lipinski definition) is 2. The molecule has 0 aliphatic rings. The van der Waals surface area contributed by atoms with E-state index in [0.29, 0.717) is 6.42 Å². The fourth-order valence-electron chi connectivity index (χ4n) is 0.916. The van der Waals surface area contributed by atoms with Gasteiger partial charge in [0.2, 0.25) is 0 Å². The molecule has 2 atom stereocenters. The minimum absolute atomic E-state index is 0.225. The highest BCUT2D eigenvalue weighted by Gasteiger charge is 2.27. The molecule has 10 heavy (non-hydrogen) atoms. The molecule has 0 aromatic carbocycles. The van der Waals surface area contributed by atoms with E-state index in [9.17, 15) is 5.11 Å². The fourth-order valence-corrected chi connectivity index (χ4v) is 0.916. The zero-order valence-corrected chi connectivity index (χ0v) is 6.89. The quantitative estimate of drug-likeness (QED) is 0.650. The van der Waals surface area contributed by atoms with E-state index in [0.717, 1.165) is 6.42 Å². The summed E-state index contributed by atoms with van der Waals surface area (Å²) in [6.07, 6.45) is 1.36. The van der Waals surface area contributed by atoms with Crippen molar-refractivity contribution in [3.05, 3.63) is 0 Å². The van der Waals surface area contributed by atoms with Gasteiger partial charge in [0.25, 0.3) is 0 Å². The molecule has 0 aromatic heterocycles. The van der Waals surface area contributed by atoms with E-state index < -0.39 is 5.60 Å². The number of rotatable bonds is 3. The van der Waals surface area contributed by atoms with Gasteiger partial charge in [-0.05, 0) is 19.8 Å². The van der Waals surface area contributed by atoms with Crippen molar-refractivity contribution < 1.29 is 5.11 Å². The molecule has 58 valence electrons. The van der Waals surface area contributed by atoms with E-state index in [1.54, 1.807) is 6.92 Å². The van der Waals surface area contributed by atoms with Gasteiger partial charge in [-0.3, -0.25) is 0 Å². The number of aliphatic hydroxyl groups is 1. The van der Waals surface area contributed by atoms with Crippen LogP contribution in [-0.2, 0) is 0 Å². The molecular formula is C8H15NO. The Morgan fingerprint density at radius 3 is 2.20 bits per heavy atom. The van der Waals surface area contributed by atoms with Crippen LogP contribution in [0.15, 0.2) is 0 Å². The van der Waals surface area contributed by atoms with Gasteiger partial charge in [-0.1, -0.05) is 13.8 Å². The first-order valence-corrected chi connectivity index (χ1v) is 3.70. The van der Waals surface area contributed by atoms with Gasteiger partial charge in [0.1, 0.15) is 0 Å². The summed E-state index contributed by atoms with van der Waals surface area (Å²) >= 11 is 0. The van der Waals surface area contributed by atoms with Gasteiger partial charge >= 0.3 is 0 Å². The lowest BCUT2D eigenvalue weighted by atomic mass is 9.86. The molecule has 0 saturated carbocycles. The molecule has 2 unspecified atom stereocenters. The Kier molecular flexibility index (Phi) is 3.38. The van der Waals surface area contributed by atoms with Crippen LogP contribution in [0.3, 0.4) is 0 Å². The van der Waals surface area contributed by atoms with Crippen molar-refractivity contribution in [1.82, 2.24) is 0 Å². The molecule has 0 aromatic rings. The lowest BCUT2D eigenvalue weighted by Gasteiger charge is -2.25. The van der Waals surface area contributed by atoms with Crippen LogP contribution in [-0.4, -0.2) is 10.7 Å². The van der Waals surface area contributed by atoms with E-state index in [-0.39, 0.29) is 5.92 Å². The topological polar surface area (TPSA) is 44.0 Å². The van der Waals surface area contributed by atoms with Crippen molar-refractivity contribution in [2.45, 2.75) is 39.2 Å². The summed E-state index contributed by atoms with van der Waals surface area (Å²) in [5.41, 5.74) is -0.802. The van der Waals surface area contributed by atoms with Crippen LogP contribution in [0.4, 0.5) is 0 Å².